The molecule has 0 heterocycles. The summed E-state index contributed by atoms with van der Waals surface area (Å²) in [6.45, 7) is 8.94. The lowest BCUT2D eigenvalue weighted by Gasteiger charge is -2.22. The highest BCUT2D eigenvalue weighted by Crippen LogP contribution is 2.15. The van der Waals surface area contributed by atoms with Crippen molar-refractivity contribution in [2.45, 2.75) is 206 Å². The minimum Gasteiger partial charge on any atom is -0.392 e. The van der Waals surface area contributed by atoms with Crippen molar-refractivity contribution in [2.75, 3.05) is 40.3 Å². The summed E-state index contributed by atoms with van der Waals surface area (Å²) in [6, 6.07) is 0. The van der Waals surface area contributed by atoms with Crippen LogP contribution in [0, 0.1) is 0 Å². The van der Waals surface area contributed by atoms with Crippen LogP contribution in [0.15, 0.2) is 0 Å². The van der Waals surface area contributed by atoms with Crippen molar-refractivity contribution >= 4 is 0 Å². The summed E-state index contributed by atoms with van der Waals surface area (Å²) in [4.78, 5) is 4.85. The van der Waals surface area contributed by atoms with Crippen LogP contribution in [0.4, 0.5) is 0 Å². The molecule has 0 fully saturated rings. The van der Waals surface area contributed by atoms with Gasteiger partial charge in [-0.25, -0.2) is 0 Å². The van der Waals surface area contributed by atoms with Crippen LogP contribution in [0.2, 0.25) is 0 Å². The average Bonchev–Trinajstić information content (AvgIpc) is 2.95. The minimum absolute atomic E-state index is 0.152. The molecule has 248 valence electrons. The largest absolute Gasteiger partial charge is 0.392 e. The summed E-state index contributed by atoms with van der Waals surface area (Å²) in [5.41, 5.74) is 0. The molecule has 3 heteroatoms. The number of hydrogen-bond acceptors (Lipinski definition) is 3. The Morgan fingerprint density at radius 3 is 1.05 bits per heavy atom. The van der Waals surface area contributed by atoms with Crippen molar-refractivity contribution in [3.8, 4) is 0 Å². The molecule has 1 N–H and O–H groups in total. The summed E-state index contributed by atoms with van der Waals surface area (Å²) in [6.07, 6.45) is 40.1. The first-order chi connectivity index (χ1) is 20.1. The average molecular weight is 581 g/mol. The Morgan fingerprint density at radius 1 is 0.366 bits per heavy atom. The summed E-state index contributed by atoms with van der Waals surface area (Å²) in [5.74, 6) is 0. The normalized spacial score (nSPS) is 12.7. The Hall–Kier alpha value is -0.120. The fraction of sp³-hybridized carbons (Fsp3) is 1.00. The lowest BCUT2D eigenvalue weighted by molar-refractivity contribution is 0.113. The van der Waals surface area contributed by atoms with Crippen LogP contribution < -0.4 is 0 Å². The van der Waals surface area contributed by atoms with Crippen LogP contribution in [0.3, 0.4) is 0 Å². The molecule has 0 saturated heterocycles. The zero-order valence-electron chi connectivity index (χ0n) is 29.3. The quantitative estimate of drug-likeness (QED) is 0.0755. The van der Waals surface area contributed by atoms with Crippen LogP contribution in [-0.2, 0) is 0 Å². The predicted octanol–water partition coefficient (Wildman–Crippen LogP) is 11.6. The van der Waals surface area contributed by atoms with E-state index >= 15 is 0 Å². The SMILES string of the molecule is CCCCCCCCCCCCCCCCCN(C)CCCN(C)CC(O)CCCCCCCCCCCCCC. The first kappa shape index (κ1) is 40.9. The van der Waals surface area contributed by atoms with Crippen LogP contribution in [-0.4, -0.2) is 61.3 Å². The van der Waals surface area contributed by atoms with Crippen LogP contribution in [0.25, 0.3) is 0 Å². The van der Waals surface area contributed by atoms with Crippen molar-refractivity contribution < 1.29 is 5.11 Å². The summed E-state index contributed by atoms with van der Waals surface area (Å²) in [5, 5.41) is 10.4. The lowest BCUT2D eigenvalue weighted by atomic mass is 10.0. The summed E-state index contributed by atoms with van der Waals surface area (Å²) < 4.78 is 0. The van der Waals surface area contributed by atoms with Gasteiger partial charge in [0.1, 0.15) is 0 Å². The molecule has 0 aromatic carbocycles. The second-order valence-corrected chi connectivity index (χ2v) is 13.7. The molecule has 0 aliphatic rings. The van der Waals surface area contributed by atoms with Gasteiger partial charge in [-0.2, -0.15) is 0 Å². The highest BCUT2D eigenvalue weighted by Gasteiger charge is 2.08. The Labute approximate surface area is 261 Å². The third kappa shape index (κ3) is 34.2. The smallest absolute Gasteiger partial charge is 0.0667 e. The van der Waals surface area contributed by atoms with Crippen molar-refractivity contribution in [3.63, 3.8) is 0 Å². The van der Waals surface area contributed by atoms with Gasteiger partial charge in [0, 0.05) is 6.54 Å². The molecule has 0 aromatic rings. The van der Waals surface area contributed by atoms with Crippen molar-refractivity contribution in [2.24, 2.45) is 0 Å². The van der Waals surface area contributed by atoms with E-state index in [1.165, 1.54) is 193 Å². The number of hydrogen-bond donors (Lipinski definition) is 1. The molecule has 1 atom stereocenters. The zero-order valence-corrected chi connectivity index (χ0v) is 29.3. The topological polar surface area (TPSA) is 26.7 Å². The number of unbranched alkanes of at least 4 members (excludes halogenated alkanes) is 25. The first-order valence-electron chi connectivity index (χ1n) is 19.1. The molecule has 0 aliphatic carbocycles. The summed E-state index contributed by atoms with van der Waals surface area (Å²) >= 11 is 0. The van der Waals surface area contributed by atoms with Gasteiger partial charge in [0.2, 0.25) is 0 Å². The number of rotatable bonds is 35. The number of aliphatic hydroxyl groups is 1. The molecule has 0 amide bonds. The number of nitrogens with zero attached hydrogens (tertiary/aromatic N) is 2. The second-order valence-electron chi connectivity index (χ2n) is 13.7. The molecule has 0 aromatic heterocycles. The third-order valence-electron chi connectivity index (χ3n) is 9.14. The Bertz CT molecular complexity index is 471. The van der Waals surface area contributed by atoms with Gasteiger partial charge in [-0.1, -0.05) is 181 Å². The maximum absolute atomic E-state index is 10.4. The van der Waals surface area contributed by atoms with Crippen LogP contribution >= 0.6 is 0 Å². The fourth-order valence-corrected chi connectivity index (χ4v) is 6.24. The van der Waals surface area contributed by atoms with Crippen LogP contribution in [0.1, 0.15) is 200 Å². The van der Waals surface area contributed by atoms with Gasteiger partial charge in [0.05, 0.1) is 6.10 Å². The number of likely N-dealkylation sites (N-methyl/N-ethyl adjacent to an activating group) is 1. The molecular formula is C38H80N2O. The molecule has 0 aliphatic heterocycles. The first-order valence-corrected chi connectivity index (χ1v) is 19.1. The highest BCUT2D eigenvalue weighted by atomic mass is 16.3. The Balaban J connectivity index is 3.37. The zero-order chi connectivity index (χ0) is 30.1. The number of aliphatic hydroxyl groups excluding tert-OH is 1. The van der Waals surface area contributed by atoms with Crippen molar-refractivity contribution in [1.29, 1.82) is 0 Å². The van der Waals surface area contributed by atoms with E-state index in [2.05, 4.69) is 37.7 Å². The predicted molar refractivity (Wildman–Crippen MR) is 186 cm³/mol. The van der Waals surface area contributed by atoms with E-state index in [0.717, 1.165) is 19.5 Å². The molecule has 0 spiro atoms. The minimum atomic E-state index is -0.152. The molecular weight excluding hydrogens is 500 g/mol. The second kappa shape index (κ2) is 34.4. The van der Waals surface area contributed by atoms with E-state index in [1.54, 1.807) is 0 Å². The van der Waals surface area contributed by atoms with Gasteiger partial charge in [0.15, 0.2) is 0 Å². The summed E-state index contributed by atoms with van der Waals surface area (Å²) in [7, 11) is 4.46. The molecule has 0 radical (unpaired) electrons. The molecule has 1 unspecified atom stereocenters. The van der Waals surface area contributed by atoms with E-state index in [-0.39, 0.29) is 6.10 Å². The lowest BCUT2D eigenvalue weighted by Crippen LogP contribution is -2.32. The maximum Gasteiger partial charge on any atom is 0.0667 e. The van der Waals surface area contributed by atoms with E-state index in [0.29, 0.717) is 0 Å². The van der Waals surface area contributed by atoms with Gasteiger partial charge in [-0.3, -0.25) is 0 Å². The Morgan fingerprint density at radius 2 is 0.659 bits per heavy atom. The third-order valence-corrected chi connectivity index (χ3v) is 9.14. The van der Waals surface area contributed by atoms with Gasteiger partial charge in [-0.15, -0.1) is 0 Å². The Kier molecular flexibility index (Phi) is 34.3. The molecule has 3 nitrogen and oxygen atoms in total. The van der Waals surface area contributed by atoms with Gasteiger partial charge in [0.25, 0.3) is 0 Å². The van der Waals surface area contributed by atoms with E-state index in [1.807, 2.05) is 0 Å². The van der Waals surface area contributed by atoms with E-state index in [9.17, 15) is 5.11 Å². The fourth-order valence-electron chi connectivity index (χ4n) is 6.24. The van der Waals surface area contributed by atoms with Crippen molar-refractivity contribution in [3.05, 3.63) is 0 Å². The van der Waals surface area contributed by atoms with Gasteiger partial charge in [-0.05, 0) is 53.0 Å². The maximum atomic E-state index is 10.4. The van der Waals surface area contributed by atoms with Crippen molar-refractivity contribution in [1.82, 2.24) is 9.80 Å². The molecule has 0 bridgehead atoms. The molecule has 41 heavy (non-hydrogen) atoms. The standard InChI is InChI=1S/C38H80N2O/c1-5-7-9-11-13-15-17-19-20-21-23-25-27-29-31-34-39(3)35-32-36-40(4)37-38(41)33-30-28-26-24-22-18-16-14-12-10-8-6-2/h38,41H,5-37H2,1-4H3. The molecule has 0 rings (SSSR count). The highest BCUT2D eigenvalue weighted by molar-refractivity contribution is 4.63. The van der Waals surface area contributed by atoms with E-state index < -0.39 is 0 Å². The van der Waals surface area contributed by atoms with E-state index in [4.69, 9.17) is 0 Å². The van der Waals surface area contributed by atoms with Gasteiger partial charge >= 0.3 is 0 Å². The van der Waals surface area contributed by atoms with Crippen LogP contribution in [0.5, 0.6) is 0 Å². The monoisotopic (exact) mass is 581 g/mol. The van der Waals surface area contributed by atoms with Gasteiger partial charge < -0.3 is 14.9 Å². The molecule has 0 saturated carbocycles.